The largest absolute Gasteiger partial charge is 0.465 e. The van der Waals surface area contributed by atoms with Gasteiger partial charge in [0.05, 0.1) is 32.7 Å². The van der Waals surface area contributed by atoms with Gasteiger partial charge in [-0.25, -0.2) is 0 Å². The number of rotatable bonds is 11. The van der Waals surface area contributed by atoms with Gasteiger partial charge >= 0.3 is 5.97 Å². The fourth-order valence-electron chi connectivity index (χ4n) is 5.34. The minimum absolute atomic E-state index is 0.100. The molecular weight excluding hydrogens is 434 g/mol. The zero-order chi connectivity index (χ0) is 25.2. The minimum Gasteiger partial charge on any atom is -0.465 e. The van der Waals surface area contributed by atoms with Crippen LogP contribution >= 0.6 is 0 Å². The molecule has 1 atom stereocenters. The van der Waals surface area contributed by atoms with Crippen molar-refractivity contribution in [1.29, 1.82) is 0 Å². The van der Waals surface area contributed by atoms with Gasteiger partial charge in [0, 0.05) is 12.0 Å². The van der Waals surface area contributed by atoms with Gasteiger partial charge in [0.1, 0.15) is 6.54 Å². The summed E-state index contributed by atoms with van der Waals surface area (Å²) in [4.78, 5) is 26.0. The second-order valence-electron chi connectivity index (χ2n) is 10.9. The van der Waals surface area contributed by atoms with E-state index in [2.05, 4.69) is 69.6 Å². The number of Topliss-reactive ketones (excluding diaryl/α,β-unsaturated/α-hetero) is 1. The summed E-state index contributed by atoms with van der Waals surface area (Å²) in [6, 6.07) is 18.9. The van der Waals surface area contributed by atoms with Gasteiger partial charge < -0.3 is 9.22 Å². The summed E-state index contributed by atoms with van der Waals surface area (Å²) in [7, 11) is 4.14. The van der Waals surface area contributed by atoms with Crippen molar-refractivity contribution in [2.24, 2.45) is 5.41 Å². The van der Waals surface area contributed by atoms with Crippen molar-refractivity contribution in [3.63, 3.8) is 0 Å². The van der Waals surface area contributed by atoms with E-state index in [1.54, 1.807) is 0 Å². The monoisotopic (exact) mass is 472 g/mol. The SMILES string of the molecule is CCCC(C)(CC)C(=O)OCCC[N+](C)(C)CC(=O)c1ccc2ccc3cccc4ccc1c2c34. The number of quaternary nitrogens is 1. The molecule has 0 radical (unpaired) electrons. The van der Waals surface area contributed by atoms with Gasteiger partial charge in [0.15, 0.2) is 0 Å². The van der Waals surface area contributed by atoms with Gasteiger partial charge in [-0.05, 0) is 58.1 Å². The van der Waals surface area contributed by atoms with Crippen LogP contribution in [0, 0.1) is 5.41 Å². The number of nitrogens with zero attached hydrogens (tertiary/aromatic N) is 1. The van der Waals surface area contributed by atoms with Crippen molar-refractivity contribution in [3.8, 4) is 0 Å². The maximum atomic E-state index is 13.5. The fraction of sp³-hybridized carbons (Fsp3) is 0.419. The zero-order valence-electron chi connectivity index (χ0n) is 21.8. The Morgan fingerprint density at radius 2 is 1.51 bits per heavy atom. The molecule has 0 heterocycles. The summed E-state index contributed by atoms with van der Waals surface area (Å²) in [6.45, 7) is 7.70. The first-order chi connectivity index (χ1) is 16.7. The van der Waals surface area contributed by atoms with Crippen molar-refractivity contribution in [2.45, 2.75) is 46.5 Å². The first-order valence-corrected chi connectivity index (χ1v) is 12.9. The molecule has 184 valence electrons. The topological polar surface area (TPSA) is 43.4 Å². The smallest absolute Gasteiger partial charge is 0.311 e. The highest BCUT2D eigenvalue weighted by atomic mass is 16.5. The van der Waals surface area contributed by atoms with Gasteiger partial charge in [0.25, 0.3) is 0 Å². The predicted molar refractivity (Wildman–Crippen MR) is 145 cm³/mol. The molecule has 35 heavy (non-hydrogen) atoms. The third-order valence-corrected chi connectivity index (χ3v) is 7.62. The van der Waals surface area contributed by atoms with Gasteiger partial charge in [-0.1, -0.05) is 68.8 Å². The Balaban J connectivity index is 1.45. The highest BCUT2D eigenvalue weighted by Gasteiger charge is 2.32. The molecule has 4 rings (SSSR count). The average Bonchev–Trinajstić information content (AvgIpc) is 2.84. The number of ketones is 1. The molecule has 0 amide bonds. The Morgan fingerprint density at radius 1 is 0.886 bits per heavy atom. The zero-order valence-corrected chi connectivity index (χ0v) is 21.8. The van der Waals surface area contributed by atoms with Crippen LogP contribution < -0.4 is 0 Å². The summed E-state index contributed by atoms with van der Waals surface area (Å²) >= 11 is 0. The van der Waals surface area contributed by atoms with E-state index in [1.807, 2.05) is 19.9 Å². The van der Waals surface area contributed by atoms with Crippen molar-refractivity contribution >= 4 is 44.1 Å². The maximum absolute atomic E-state index is 13.5. The van der Waals surface area contributed by atoms with Crippen molar-refractivity contribution < 1.29 is 18.8 Å². The lowest BCUT2D eigenvalue weighted by Gasteiger charge is -2.30. The van der Waals surface area contributed by atoms with E-state index in [9.17, 15) is 9.59 Å². The van der Waals surface area contributed by atoms with Gasteiger partial charge in [-0.2, -0.15) is 0 Å². The molecule has 0 aliphatic rings. The number of carbonyl (C=O) groups excluding carboxylic acids is 2. The van der Waals surface area contributed by atoms with Crippen molar-refractivity contribution in [2.75, 3.05) is 33.8 Å². The van der Waals surface area contributed by atoms with Crippen LogP contribution in [-0.2, 0) is 9.53 Å². The molecule has 0 bridgehead atoms. The molecule has 0 saturated carbocycles. The molecule has 0 aliphatic heterocycles. The molecule has 0 aliphatic carbocycles. The third kappa shape index (κ3) is 5.04. The van der Waals surface area contributed by atoms with Gasteiger partial charge in [-0.3, -0.25) is 9.59 Å². The number of hydrogen-bond acceptors (Lipinski definition) is 3. The Morgan fingerprint density at radius 3 is 2.17 bits per heavy atom. The Labute approximate surface area is 208 Å². The lowest BCUT2D eigenvalue weighted by molar-refractivity contribution is -0.882. The molecule has 4 aromatic carbocycles. The van der Waals surface area contributed by atoms with Crippen LogP contribution in [0.5, 0.6) is 0 Å². The third-order valence-electron chi connectivity index (χ3n) is 7.62. The van der Waals surface area contributed by atoms with E-state index in [0.717, 1.165) is 43.2 Å². The average molecular weight is 473 g/mol. The van der Waals surface area contributed by atoms with E-state index < -0.39 is 5.41 Å². The van der Waals surface area contributed by atoms with E-state index in [0.29, 0.717) is 17.6 Å². The summed E-state index contributed by atoms with van der Waals surface area (Å²) in [5.41, 5.74) is 0.385. The van der Waals surface area contributed by atoms with Crippen LogP contribution in [0.2, 0.25) is 0 Å². The van der Waals surface area contributed by atoms with Crippen molar-refractivity contribution in [1.82, 2.24) is 0 Å². The van der Waals surface area contributed by atoms with E-state index in [-0.39, 0.29) is 11.8 Å². The molecule has 4 aromatic rings. The van der Waals surface area contributed by atoms with Crippen LogP contribution in [0.1, 0.15) is 56.8 Å². The fourth-order valence-corrected chi connectivity index (χ4v) is 5.34. The van der Waals surface area contributed by atoms with E-state index in [1.165, 1.54) is 26.9 Å². The summed E-state index contributed by atoms with van der Waals surface area (Å²) in [6.07, 6.45) is 3.33. The molecule has 4 heteroatoms. The van der Waals surface area contributed by atoms with Crippen LogP contribution in [0.3, 0.4) is 0 Å². The normalized spacial score (nSPS) is 14.0. The number of hydrogen-bond donors (Lipinski definition) is 0. The lowest BCUT2D eigenvalue weighted by Crippen LogP contribution is -2.45. The number of benzene rings is 4. The lowest BCUT2D eigenvalue weighted by atomic mass is 9.83. The molecule has 1 unspecified atom stereocenters. The highest BCUT2D eigenvalue weighted by molar-refractivity contribution is 6.26. The molecule has 0 N–H and O–H groups in total. The summed E-state index contributed by atoms with van der Waals surface area (Å²) in [5, 5.41) is 7.01. The van der Waals surface area contributed by atoms with Gasteiger partial charge in [-0.15, -0.1) is 0 Å². The second kappa shape index (κ2) is 9.94. The van der Waals surface area contributed by atoms with Crippen LogP contribution in [0.25, 0.3) is 32.3 Å². The Bertz CT molecular complexity index is 1340. The Hall–Kier alpha value is -2.98. The second-order valence-corrected chi connectivity index (χ2v) is 10.9. The first-order valence-electron chi connectivity index (χ1n) is 12.9. The standard InChI is InChI=1S/C31H38NO3/c1-6-18-31(3,7-2)30(34)35-20-9-19-32(4,5)21-27(33)25-16-14-24-13-12-22-10-8-11-23-15-17-26(25)29(24)28(22)23/h8,10-17H,6-7,9,18-21H2,1-5H3/q+1. The molecule has 0 fully saturated rings. The number of ether oxygens (including phenoxy) is 1. The molecule has 4 nitrogen and oxygen atoms in total. The first kappa shape index (κ1) is 25.1. The van der Waals surface area contributed by atoms with Crippen LogP contribution in [0.15, 0.2) is 54.6 Å². The van der Waals surface area contributed by atoms with Crippen LogP contribution in [0.4, 0.5) is 0 Å². The highest BCUT2D eigenvalue weighted by Crippen LogP contribution is 2.36. The number of likely N-dealkylation sites (N-methyl/N-ethyl adjacent to an activating group) is 1. The predicted octanol–water partition coefficient (Wildman–Crippen LogP) is 6.99. The van der Waals surface area contributed by atoms with E-state index in [4.69, 9.17) is 4.74 Å². The molecular formula is C31H38NO3+. The van der Waals surface area contributed by atoms with Crippen LogP contribution in [-0.4, -0.2) is 50.0 Å². The Kier molecular flexibility index (Phi) is 7.14. The van der Waals surface area contributed by atoms with Crippen molar-refractivity contribution in [3.05, 3.63) is 60.2 Å². The quantitative estimate of drug-likeness (QED) is 0.0776. The maximum Gasteiger partial charge on any atom is 0.311 e. The molecule has 0 saturated heterocycles. The number of carbonyl (C=O) groups is 2. The molecule has 0 aromatic heterocycles. The van der Waals surface area contributed by atoms with E-state index >= 15 is 0 Å². The summed E-state index contributed by atoms with van der Waals surface area (Å²) in [5.74, 6) is 0.0447. The summed E-state index contributed by atoms with van der Waals surface area (Å²) < 4.78 is 6.18. The number of esters is 1. The van der Waals surface area contributed by atoms with Gasteiger partial charge in [0.2, 0.25) is 5.78 Å². The minimum atomic E-state index is -0.399. The molecule has 0 spiro atoms.